The molecular formula is C22H22N2O5. The van der Waals surface area contributed by atoms with Crippen LogP contribution in [0.2, 0.25) is 0 Å². The molecule has 1 aliphatic rings. The van der Waals surface area contributed by atoms with E-state index in [9.17, 15) is 14.4 Å². The van der Waals surface area contributed by atoms with Crippen molar-refractivity contribution < 1.29 is 23.9 Å². The predicted molar refractivity (Wildman–Crippen MR) is 108 cm³/mol. The van der Waals surface area contributed by atoms with Crippen molar-refractivity contribution in [1.82, 2.24) is 5.43 Å². The minimum absolute atomic E-state index is 0.0205. The molecule has 0 bridgehead atoms. The number of benzene rings is 2. The minimum Gasteiger partial charge on any atom is -0.494 e. The molecule has 7 heteroatoms. The number of amides is 2. The second-order valence-electron chi connectivity index (χ2n) is 6.33. The van der Waals surface area contributed by atoms with Gasteiger partial charge in [-0.1, -0.05) is 19.1 Å². The van der Waals surface area contributed by atoms with Crippen molar-refractivity contribution in [3.63, 3.8) is 0 Å². The van der Waals surface area contributed by atoms with E-state index in [2.05, 4.69) is 5.43 Å². The summed E-state index contributed by atoms with van der Waals surface area (Å²) in [4.78, 5) is 36.8. The summed E-state index contributed by atoms with van der Waals surface area (Å²) >= 11 is 0. The smallest absolute Gasteiger partial charge is 0.338 e. The molecule has 1 saturated heterocycles. The molecule has 1 fully saturated rings. The fraction of sp³-hybridized carbons (Fsp3) is 0.227. The molecule has 1 aliphatic heterocycles. The van der Waals surface area contributed by atoms with Crippen LogP contribution in [-0.2, 0) is 14.3 Å². The maximum absolute atomic E-state index is 12.8. The SMILES string of the molecule is CCCOc1cccc(/C=C2/C(=O)NN(c3ccc(C(=O)OCC)cc3)C2=O)c1. The average Bonchev–Trinajstić information content (AvgIpc) is 3.01. The summed E-state index contributed by atoms with van der Waals surface area (Å²) in [5.74, 6) is -0.733. The van der Waals surface area contributed by atoms with Gasteiger partial charge in [0, 0.05) is 0 Å². The molecular weight excluding hydrogens is 372 g/mol. The van der Waals surface area contributed by atoms with Crippen LogP contribution in [-0.4, -0.2) is 31.0 Å². The Hall–Kier alpha value is -3.61. The molecule has 2 aromatic carbocycles. The summed E-state index contributed by atoms with van der Waals surface area (Å²) in [6.45, 7) is 4.61. The maximum atomic E-state index is 12.8. The number of nitrogens with zero attached hydrogens (tertiary/aromatic N) is 1. The summed E-state index contributed by atoms with van der Waals surface area (Å²) in [5.41, 5.74) is 4.07. The standard InChI is InChI=1S/C22H22N2O5/c1-3-12-29-18-7-5-6-15(13-18)14-19-20(25)23-24(21(19)26)17-10-8-16(9-11-17)22(27)28-4-2/h5-11,13-14H,3-4,12H2,1-2H3,(H,23,25)/b19-14-. The quantitative estimate of drug-likeness (QED) is 0.443. The third kappa shape index (κ3) is 4.63. The topological polar surface area (TPSA) is 84.9 Å². The first-order chi connectivity index (χ1) is 14.0. The lowest BCUT2D eigenvalue weighted by Crippen LogP contribution is -2.35. The zero-order chi connectivity index (χ0) is 20.8. The highest BCUT2D eigenvalue weighted by Gasteiger charge is 2.34. The molecule has 1 N–H and O–H groups in total. The van der Waals surface area contributed by atoms with Gasteiger partial charge in [0.25, 0.3) is 11.8 Å². The monoisotopic (exact) mass is 394 g/mol. The van der Waals surface area contributed by atoms with E-state index in [0.717, 1.165) is 11.4 Å². The van der Waals surface area contributed by atoms with E-state index >= 15 is 0 Å². The van der Waals surface area contributed by atoms with Crippen molar-refractivity contribution in [3.05, 3.63) is 65.2 Å². The zero-order valence-corrected chi connectivity index (χ0v) is 16.3. The van der Waals surface area contributed by atoms with Gasteiger partial charge in [0.15, 0.2) is 0 Å². The highest BCUT2D eigenvalue weighted by Crippen LogP contribution is 2.23. The summed E-state index contributed by atoms with van der Waals surface area (Å²) in [6.07, 6.45) is 2.42. The molecule has 0 atom stereocenters. The van der Waals surface area contributed by atoms with Crippen molar-refractivity contribution >= 4 is 29.5 Å². The van der Waals surface area contributed by atoms with Gasteiger partial charge in [0.05, 0.1) is 24.5 Å². The molecule has 2 aromatic rings. The van der Waals surface area contributed by atoms with E-state index in [1.54, 1.807) is 49.4 Å². The normalized spacial score (nSPS) is 14.8. The van der Waals surface area contributed by atoms with Gasteiger partial charge in [-0.2, -0.15) is 0 Å². The van der Waals surface area contributed by atoms with Gasteiger partial charge in [-0.3, -0.25) is 15.0 Å². The number of esters is 1. The van der Waals surface area contributed by atoms with Crippen molar-refractivity contribution in [2.75, 3.05) is 18.2 Å². The molecule has 0 radical (unpaired) electrons. The third-order valence-corrected chi connectivity index (χ3v) is 4.17. The van der Waals surface area contributed by atoms with Gasteiger partial charge in [-0.25, -0.2) is 9.80 Å². The molecule has 150 valence electrons. The van der Waals surface area contributed by atoms with Gasteiger partial charge in [0.1, 0.15) is 11.3 Å². The summed E-state index contributed by atoms with van der Waals surface area (Å²) in [6, 6.07) is 13.4. The number of ether oxygens (including phenoxy) is 2. The lowest BCUT2D eigenvalue weighted by Gasteiger charge is -2.14. The van der Waals surface area contributed by atoms with Crippen molar-refractivity contribution in [2.24, 2.45) is 0 Å². The number of rotatable bonds is 7. The lowest BCUT2D eigenvalue weighted by molar-refractivity contribution is -0.117. The van der Waals surface area contributed by atoms with E-state index in [1.165, 1.54) is 6.08 Å². The van der Waals surface area contributed by atoms with E-state index in [4.69, 9.17) is 9.47 Å². The van der Waals surface area contributed by atoms with Gasteiger partial charge < -0.3 is 9.47 Å². The molecule has 0 aliphatic carbocycles. The second kappa shape index (κ2) is 9.05. The van der Waals surface area contributed by atoms with Crippen molar-refractivity contribution in [1.29, 1.82) is 0 Å². The lowest BCUT2D eigenvalue weighted by atomic mass is 10.1. The fourth-order valence-electron chi connectivity index (χ4n) is 2.78. The van der Waals surface area contributed by atoms with Crippen LogP contribution < -0.4 is 15.2 Å². The Morgan fingerprint density at radius 1 is 1.10 bits per heavy atom. The first-order valence-corrected chi connectivity index (χ1v) is 9.40. The van der Waals surface area contributed by atoms with Crippen LogP contribution in [0.5, 0.6) is 5.75 Å². The molecule has 1 heterocycles. The summed E-state index contributed by atoms with van der Waals surface area (Å²) in [5, 5.41) is 1.15. The fourth-order valence-corrected chi connectivity index (χ4v) is 2.78. The van der Waals surface area contributed by atoms with Crippen LogP contribution in [0.15, 0.2) is 54.1 Å². The first kappa shape index (κ1) is 20.1. The number of carbonyl (C=O) groups excluding carboxylic acids is 3. The molecule has 7 nitrogen and oxygen atoms in total. The predicted octanol–water partition coefficient (Wildman–Crippen LogP) is 3.11. The highest BCUT2D eigenvalue weighted by molar-refractivity contribution is 6.31. The zero-order valence-electron chi connectivity index (χ0n) is 16.3. The summed E-state index contributed by atoms with van der Waals surface area (Å²) < 4.78 is 10.5. The highest BCUT2D eigenvalue weighted by atomic mass is 16.5. The molecule has 0 saturated carbocycles. The molecule has 29 heavy (non-hydrogen) atoms. The van der Waals surface area contributed by atoms with Gasteiger partial charge in [0.2, 0.25) is 0 Å². The Bertz CT molecular complexity index is 950. The molecule has 2 amide bonds. The van der Waals surface area contributed by atoms with Crippen LogP contribution in [0.25, 0.3) is 6.08 Å². The Morgan fingerprint density at radius 2 is 1.86 bits per heavy atom. The van der Waals surface area contributed by atoms with Crippen molar-refractivity contribution in [3.8, 4) is 5.75 Å². The van der Waals surface area contributed by atoms with E-state index in [-0.39, 0.29) is 12.2 Å². The molecule has 0 aromatic heterocycles. The van der Waals surface area contributed by atoms with E-state index in [1.807, 2.05) is 13.0 Å². The number of nitrogens with one attached hydrogen (secondary N) is 1. The Balaban J connectivity index is 1.79. The Morgan fingerprint density at radius 3 is 2.55 bits per heavy atom. The average molecular weight is 394 g/mol. The maximum Gasteiger partial charge on any atom is 0.338 e. The first-order valence-electron chi connectivity index (χ1n) is 9.40. The summed E-state index contributed by atoms with van der Waals surface area (Å²) in [7, 11) is 0. The van der Waals surface area contributed by atoms with E-state index < -0.39 is 17.8 Å². The van der Waals surface area contributed by atoms with Crippen LogP contribution in [0, 0.1) is 0 Å². The number of hydrazine groups is 1. The molecule has 0 spiro atoms. The van der Waals surface area contributed by atoms with E-state index in [0.29, 0.717) is 29.2 Å². The second-order valence-corrected chi connectivity index (χ2v) is 6.33. The third-order valence-electron chi connectivity index (χ3n) is 4.17. The van der Waals surface area contributed by atoms with Crippen LogP contribution >= 0.6 is 0 Å². The van der Waals surface area contributed by atoms with Crippen LogP contribution in [0.1, 0.15) is 36.2 Å². The minimum atomic E-state index is -0.496. The molecule has 3 rings (SSSR count). The largest absolute Gasteiger partial charge is 0.494 e. The van der Waals surface area contributed by atoms with Crippen LogP contribution in [0.4, 0.5) is 5.69 Å². The number of hydrogen-bond donors (Lipinski definition) is 1. The van der Waals surface area contributed by atoms with Crippen LogP contribution in [0.3, 0.4) is 0 Å². The Labute approximate surface area is 168 Å². The number of hydrogen-bond acceptors (Lipinski definition) is 5. The number of carbonyl (C=O) groups is 3. The Kier molecular flexibility index (Phi) is 6.29. The van der Waals surface area contributed by atoms with Gasteiger partial charge in [-0.15, -0.1) is 0 Å². The number of anilines is 1. The van der Waals surface area contributed by atoms with Gasteiger partial charge >= 0.3 is 5.97 Å². The van der Waals surface area contributed by atoms with Gasteiger partial charge in [-0.05, 0) is 61.4 Å². The molecule has 0 unspecified atom stereocenters. The van der Waals surface area contributed by atoms with Crippen molar-refractivity contribution in [2.45, 2.75) is 20.3 Å².